The Bertz CT molecular complexity index is 1320. The zero-order valence-electron chi connectivity index (χ0n) is 17.9. The van der Waals surface area contributed by atoms with Crippen LogP contribution in [0.15, 0.2) is 59.1 Å². The second-order valence-corrected chi connectivity index (χ2v) is 9.04. The summed E-state index contributed by atoms with van der Waals surface area (Å²) in [6.45, 7) is 2.35. The molecule has 2 aromatic carbocycles. The van der Waals surface area contributed by atoms with Gasteiger partial charge in [0.2, 0.25) is 5.89 Å². The van der Waals surface area contributed by atoms with Crippen molar-refractivity contribution in [2.45, 2.75) is 32.2 Å². The molecule has 1 saturated heterocycles. The molecule has 4 aromatic rings. The molecule has 1 amide bonds. The number of oxazole rings is 1. The summed E-state index contributed by atoms with van der Waals surface area (Å²) in [5, 5.41) is 0.484. The highest BCUT2D eigenvalue weighted by atomic mass is 32.1. The van der Waals surface area contributed by atoms with Crippen molar-refractivity contribution in [1.82, 2.24) is 14.9 Å². The number of aromatic nitrogens is 2. The molecule has 1 aliphatic rings. The van der Waals surface area contributed by atoms with E-state index in [0.717, 1.165) is 18.4 Å². The van der Waals surface area contributed by atoms with Crippen LogP contribution in [-0.4, -0.2) is 27.3 Å². The first kappa shape index (κ1) is 21.5. The van der Waals surface area contributed by atoms with Crippen molar-refractivity contribution < 1.29 is 18.0 Å². The van der Waals surface area contributed by atoms with E-state index in [1.165, 1.54) is 29.5 Å². The van der Waals surface area contributed by atoms with Crippen LogP contribution in [0.4, 0.5) is 8.78 Å². The number of rotatable bonds is 5. The molecule has 3 heterocycles. The van der Waals surface area contributed by atoms with Gasteiger partial charge in [0.25, 0.3) is 5.91 Å². The number of aryl methyl sites for hydroxylation is 1. The Labute approximate surface area is 193 Å². The Morgan fingerprint density at radius 2 is 2.06 bits per heavy atom. The number of carbonyl (C=O) groups excluding carboxylic acids is 1. The van der Waals surface area contributed by atoms with Crippen LogP contribution in [0.3, 0.4) is 0 Å². The largest absolute Gasteiger partial charge is 0.443 e. The van der Waals surface area contributed by atoms with Gasteiger partial charge in [0.1, 0.15) is 33.3 Å². The zero-order chi connectivity index (χ0) is 22.9. The highest BCUT2D eigenvalue weighted by Gasteiger charge is 2.35. The van der Waals surface area contributed by atoms with Gasteiger partial charge in [0, 0.05) is 18.5 Å². The number of benzene rings is 2. The Hall–Kier alpha value is -3.39. The zero-order valence-corrected chi connectivity index (χ0v) is 18.7. The standard InChI is InChI=1S/C25H21F2N3O2S/c1-15-22(33-24(29-15)19-8-2-3-9-20(19)27)25(31)30-11-5-10-21(30)23-28-14-18(32-23)13-16-6-4-7-17(26)12-16/h2-4,6-9,12,14,21H,5,10-11,13H2,1H3. The van der Waals surface area contributed by atoms with E-state index < -0.39 is 0 Å². The third-order valence-corrected chi connectivity index (χ3v) is 6.91. The molecule has 5 nitrogen and oxygen atoms in total. The predicted molar refractivity (Wildman–Crippen MR) is 121 cm³/mol. The van der Waals surface area contributed by atoms with Gasteiger partial charge in [-0.3, -0.25) is 4.79 Å². The quantitative estimate of drug-likeness (QED) is 0.365. The number of likely N-dealkylation sites (tertiary alicyclic amines) is 1. The molecule has 0 saturated carbocycles. The fourth-order valence-corrected chi connectivity index (χ4v) is 5.20. The fraction of sp³-hybridized carbons (Fsp3) is 0.240. The Morgan fingerprint density at radius 3 is 2.88 bits per heavy atom. The van der Waals surface area contributed by atoms with Crippen LogP contribution >= 0.6 is 11.3 Å². The van der Waals surface area contributed by atoms with Crippen LogP contribution in [-0.2, 0) is 6.42 Å². The molecule has 0 spiro atoms. The Kier molecular flexibility index (Phi) is 5.76. The van der Waals surface area contributed by atoms with Gasteiger partial charge in [-0.2, -0.15) is 0 Å². The second kappa shape index (κ2) is 8.86. The van der Waals surface area contributed by atoms with E-state index in [1.807, 2.05) is 6.07 Å². The van der Waals surface area contributed by atoms with E-state index in [1.54, 1.807) is 42.3 Å². The number of hydrogen-bond donors (Lipinski definition) is 0. The molecule has 1 fully saturated rings. The maximum Gasteiger partial charge on any atom is 0.266 e. The van der Waals surface area contributed by atoms with Crippen LogP contribution in [0, 0.1) is 18.6 Å². The highest BCUT2D eigenvalue weighted by molar-refractivity contribution is 7.17. The molecule has 0 aliphatic carbocycles. The van der Waals surface area contributed by atoms with Gasteiger partial charge in [0.05, 0.1) is 11.9 Å². The van der Waals surface area contributed by atoms with Crippen LogP contribution in [0.1, 0.15) is 51.5 Å². The third kappa shape index (κ3) is 4.30. The molecule has 5 rings (SSSR count). The number of carbonyl (C=O) groups is 1. The van der Waals surface area contributed by atoms with Crippen molar-refractivity contribution in [3.63, 3.8) is 0 Å². The Balaban J connectivity index is 1.37. The lowest BCUT2D eigenvalue weighted by Gasteiger charge is -2.21. The summed E-state index contributed by atoms with van der Waals surface area (Å²) in [6, 6.07) is 12.5. The number of hydrogen-bond acceptors (Lipinski definition) is 5. The van der Waals surface area contributed by atoms with Gasteiger partial charge in [-0.25, -0.2) is 18.7 Å². The maximum atomic E-state index is 14.2. The molecule has 1 unspecified atom stereocenters. The van der Waals surface area contributed by atoms with Crippen molar-refractivity contribution >= 4 is 17.2 Å². The lowest BCUT2D eigenvalue weighted by molar-refractivity contribution is 0.0718. The molecule has 168 valence electrons. The third-order valence-electron chi connectivity index (χ3n) is 5.73. The summed E-state index contributed by atoms with van der Waals surface area (Å²) >= 11 is 1.20. The molecule has 1 atom stereocenters. The molecule has 8 heteroatoms. The number of amides is 1. The summed E-state index contributed by atoms with van der Waals surface area (Å²) in [5.74, 6) is 0.277. The first-order valence-electron chi connectivity index (χ1n) is 10.7. The average Bonchev–Trinajstić information content (AvgIpc) is 3.53. The first-order chi connectivity index (χ1) is 16.0. The molecule has 0 N–H and O–H groups in total. The van der Waals surface area contributed by atoms with Gasteiger partial charge in [0.15, 0.2) is 0 Å². The van der Waals surface area contributed by atoms with Crippen molar-refractivity contribution in [1.29, 1.82) is 0 Å². The van der Waals surface area contributed by atoms with Crippen LogP contribution < -0.4 is 0 Å². The van der Waals surface area contributed by atoms with Crippen LogP contribution in [0.25, 0.3) is 10.6 Å². The second-order valence-electron chi connectivity index (χ2n) is 8.04. The van der Waals surface area contributed by atoms with Gasteiger partial charge in [-0.15, -0.1) is 11.3 Å². The topological polar surface area (TPSA) is 59.2 Å². The molecule has 0 radical (unpaired) electrons. The first-order valence-corrected chi connectivity index (χ1v) is 11.5. The Morgan fingerprint density at radius 1 is 1.21 bits per heavy atom. The van der Waals surface area contributed by atoms with E-state index in [2.05, 4.69) is 9.97 Å². The van der Waals surface area contributed by atoms with Gasteiger partial charge in [-0.05, 0) is 49.6 Å². The minimum absolute atomic E-state index is 0.153. The van der Waals surface area contributed by atoms with Crippen molar-refractivity contribution in [3.8, 4) is 10.6 Å². The minimum atomic E-state index is -0.366. The van der Waals surface area contributed by atoms with E-state index in [-0.39, 0.29) is 23.6 Å². The van der Waals surface area contributed by atoms with E-state index in [4.69, 9.17) is 4.42 Å². The molecular weight excluding hydrogens is 444 g/mol. The summed E-state index contributed by atoms with van der Waals surface area (Å²) in [7, 11) is 0. The maximum absolute atomic E-state index is 14.2. The average molecular weight is 466 g/mol. The SMILES string of the molecule is Cc1nc(-c2ccccc2F)sc1C(=O)N1CCCC1c1ncc(Cc2cccc(F)c2)o1. The van der Waals surface area contributed by atoms with E-state index >= 15 is 0 Å². The van der Waals surface area contributed by atoms with Crippen molar-refractivity contribution in [2.75, 3.05) is 6.54 Å². The highest BCUT2D eigenvalue weighted by Crippen LogP contribution is 2.36. The van der Waals surface area contributed by atoms with E-state index in [9.17, 15) is 13.6 Å². The van der Waals surface area contributed by atoms with Crippen molar-refractivity contribution in [3.05, 3.63) is 94.1 Å². The lowest BCUT2D eigenvalue weighted by atomic mass is 10.1. The monoisotopic (exact) mass is 465 g/mol. The molecule has 33 heavy (non-hydrogen) atoms. The molecule has 0 bridgehead atoms. The summed E-state index contributed by atoms with van der Waals surface area (Å²) in [6.07, 6.45) is 3.63. The molecular formula is C25H21F2N3O2S. The minimum Gasteiger partial charge on any atom is -0.443 e. The van der Waals surface area contributed by atoms with Gasteiger partial charge < -0.3 is 9.32 Å². The summed E-state index contributed by atoms with van der Waals surface area (Å²) in [4.78, 5) is 24.5. The summed E-state index contributed by atoms with van der Waals surface area (Å²) < 4.78 is 33.6. The smallest absolute Gasteiger partial charge is 0.266 e. The van der Waals surface area contributed by atoms with Crippen LogP contribution in [0.2, 0.25) is 0 Å². The van der Waals surface area contributed by atoms with Gasteiger partial charge >= 0.3 is 0 Å². The number of nitrogens with zero attached hydrogens (tertiary/aromatic N) is 3. The number of halogens is 2. The fourth-order valence-electron chi connectivity index (χ4n) is 4.15. The summed E-state index contributed by atoms with van der Waals surface area (Å²) in [5.41, 5.74) is 1.75. The number of thiazole rings is 1. The van der Waals surface area contributed by atoms with Crippen LogP contribution in [0.5, 0.6) is 0 Å². The predicted octanol–water partition coefficient (Wildman–Crippen LogP) is 5.95. The lowest BCUT2D eigenvalue weighted by Crippen LogP contribution is -2.30. The van der Waals surface area contributed by atoms with Crippen molar-refractivity contribution in [2.24, 2.45) is 0 Å². The van der Waals surface area contributed by atoms with E-state index in [0.29, 0.717) is 45.8 Å². The van der Waals surface area contributed by atoms with Gasteiger partial charge in [-0.1, -0.05) is 24.3 Å². The molecule has 2 aromatic heterocycles. The molecule has 1 aliphatic heterocycles. The normalized spacial score (nSPS) is 15.8.